The highest BCUT2D eigenvalue weighted by Gasteiger charge is 2.05. The molecule has 0 amide bonds. The van der Waals surface area contributed by atoms with Gasteiger partial charge in [-0.05, 0) is 45.4 Å². The molecule has 4 nitrogen and oxygen atoms in total. The van der Waals surface area contributed by atoms with Gasteiger partial charge in [0.25, 0.3) is 0 Å². The molecule has 0 aliphatic heterocycles. The van der Waals surface area contributed by atoms with Crippen LogP contribution in [0.25, 0.3) is 0 Å². The van der Waals surface area contributed by atoms with Crippen molar-refractivity contribution in [2.24, 2.45) is 11.5 Å². The summed E-state index contributed by atoms with van der Waals surface area (Å²) in [5.41, 5.74) is 11.0. The topological polar surface area (TPSA) is 76.1 Å². The number of unbranched alkanes of at least 4 members (excludes halogenated alkanes) is 2. The third-order valence-corrected chi connectivity index (χ3v) is 2.64. The Bertz CT molecular complexity index is 106. The van der Waals surface area contributed by atoms with Crippen LogP contribution in [0.4, 0.5) is 0 Å². The summed E-state index contributed by atoms with van der Waals surface area (Å²) in [7, 11) is 0. The number of hydrogen-bond donors (Lipinski definition) is 4. The highest BCUT2D eigenvalue weighted by Crippen LogP contribution is 2.01. The zero-order valence-corrected chi connectivity index (χ0v) is 10.8. The van der Waals surface area contributed by atoms with Crippen molar-refractivity contribution in [2.45, 2.75) is 51.6 Å². The van der Waals surface area contributed by atoms with Crippen LogP contribution in [0.3, 0.4) is 0 Å². The van der Waals surface area contributed by atoms with Gasteiger partial charge in [-0.25, -0.2) is 0 Å². The van der Waals surface area contributed by atoms with Crippen LogP contribution in [0.5, 0.6) is 0 Å². The third kappa shape index (κ3) is 10.4. The zero-order valence-electron chi connectivity index (χ0n) is 10.8. The molecule has 0 aromatic rings. The minimum atomic E-state index is 0.435. The molecule has 16 heavy (non-hydrogen) atoms. The third-order valence-electron chi connectivity index (χ3n) is 2.64. The van der Waals surface area contributed by atoms with Crippen molar-refractivity contribution in [3.63, 3.8) is 0 Å². The molecule has 0 aliphatic carbocycles. The van der Waals surface area contributed by atoms with Crippen molar-refractivity contribution in [1.82, 2.24) is 10.6 Å². The summed E-state index contributed by atoms with van der Waals surface area (Å²) in [5.74, 6) is 0. The Balaban J connectivity index is 3.58. The maximum atomic E-state index is 5.48. The lowest BCUT2D eigenvalue weighted by Gasteiger charge is -2.20. The normalized spacial score (nSPS) is 11.2. The highest BCUT2D eigenvalue weighted by molar-refractivity contribution is 4.65. The fraction of sp³-hybridized carbons (Fsp3) is 1.00. The van der Waals surface area contributed by atoms with Crippen LogP contribution >= 0.6 is 0 Å². The Morgan fingerprint density at radius 3 is 1.88 bits per heavy atom. The van der Waals surface area contributed by atoms with Gasteiger partial charge in [-0.1, -0.05) is 26.2 Å². The molecule has 0 spiro atoms. The second-order valence-corrected chi connectivity index (χ2v) is 4.24. The van der Waals surface area contributed by atoms with Crippen LogP contribution in [0.15, 0.2) is 0 Å². The molecule has 0 fully saturated rings. The highest BCUT2D eigenvalue weighted by atomic mass is 15.1. The SMILES string of the molecule is CCCCCC(NCCCN)NCCCN. The molecule has 0 unspecified atom stereocenters. The first-order valence-electron chi connectivity index (χ1n) is 6.72. The van der Waals surface area contributed by atoms with E-state index in [1.807, 2.05) is 0 Å². The molecule has 0 saturated carbocycles. The molecule has 0 aromatic heterocycles. The summed E-state index contributed by atoms with van der Waals surface area (Å²) in [4.78, 5) is 0. The van der Waals surface area contributed by atoms with E-state index < -0.39 is 0 Å². The Morgan fingerprint density at radius 2 is 1.44 bits per heavy atom. The average Bonchev–Trinajstić information content (AvgIpc) is 2.29. The van der Waals surface area contributed by atoms with Gasteiger partial charge >= 0.3 is 0 Å². The molecule has 6 N–H and O–H groups in total. The van der Waals surface area contributed by atoms with E-state index in [-0.39, 0.29) is 0 Å². The van der Waals surface area contributed by atoms with Crippen molar-refractivity contribution in [2.75, 3.05) is 26.2 Å². The van der Waals surface area contributed by atoms with Crippen LogP contribution in [-0.2, 0) is 0 Å². The molecule has 0 saturated heterocycles. The van der Waals surface area contributed by atoms with E-state index >= 15 is 0 Å². The van der Waals surface area contributed by atoms with Gasteiger partial charge in [0.15, 0.2) is 0 Å². The number of hydrogen-bond acceptors (Lipinski definition) is 4. The molecule has 0 radical (unpaired) electrons. The molecule has 0 rings (SSSR count). The summed E-state index contributed by atoms with van der Waals surface area (Å²) in [6.45, 7) is 5.76. The summed E-state index contributed by atoms with van der Waals surface area (Å²) in [6, 6.07) is 0. The number of nitrogens with two attached hydrogens (primary N) is 2. The molecule has 0 heterocycles. The van der Waals surface area contributed by atoms with E-state index in [4.69, 9.17) is 11.5 Å². The van der Waals surface area contributed by atoms with Gasteiger partial charge in [0.1, 0.15) is 0 Å². The van der Waals surface area contributed by atoms with Crippen LogP contribution in [0.1, 0.15) is 45.4 Å². The van der Waals surface area contributed by atoms with Crippen molar-refractivity contribution in [3.8, 4) is 0 Å². The Hall–Kier alpha value is -0.160. The van der Waals surface area contributed by atoms with Gasteiger partial charge in [0.05, 0.1) is 6.17 Å². The Morgan fingerprint density at radius 1 is 0.875 bits per heavy atom. The van der Waals surface area contributed by atoms with Crippen molar-refractivity contribution < 1.29 is 0 Å². The molecule has 4 heteroatoms. The Kier molecular flexibility index (Phi) is 12.8. The first kappa shape index (κ1) is 15.8. The molecular weight excluding hydrogens is 200 g/mol. The average molecular weight is 230 g/mol. The summed E-state index contributed by atoms with van der Waals surface area (Å²) >= 11 is 0. The molecule has 0 atom stereocenters. The van der Waals surface area contributed by atoms with Gasteiger partial charge in [0.2, 0.25) is 0 Å². The second-order valence-electron chi connectivity index (χ2n) is 4.24. The minimum Gasteiger partial charge on any atom is -0.330 e. The van der Waals surface area contributed by atoms with Gasteiger partial charge in [-0.3, -0.25) is 0 Å². The lowest BCUT2D eigenvalue weighted by Crippen LogP contribution is -2.43. The van der Waals surface area contributed by atoms with Gasteiger partial charge in [-0.15, -0.1) is 0 Å². The lowest BCUT2D eigenvalue weighted by atomic mass is 10.1. The standard InChI is InChI=1S/C12H30N4/c1-2-3-4-7-12(15-10-5-8-13)16-11-6-9-14/h12,15-16H,2-11,13-14H2,1H3. The van der Waals surface area contributed by atoms with Crippen LogP contribution in [-0.4, -0.2) is 32.3 Å². The fourth-order valence-corrected chi connectivity index (χ4v) is 1.63. The van der Waals surface area contributed by atoms with E-state index in [9.17, 15) is 0 Å². The summed E-state index contributed by atoms with van der Waals surface area (Å²) < 4.78 is 0. The molecule has 0 bridgehead atoms. The predicted octanol–water partition coefficient (Wildman–Crippen LogP) is 0.770. The van der Waals surface area contributed by atoms with Crippen molar-refractivity contribution in [3.05, 3.63) is 0 Å². The van der Waals surface area contributed by atoms with E-state index in [1.54, 1.807) is 0 Å². The quantitative estimate of drug-likeness (QED) is 0.295. The fourth-order valence-electron chi connectivity index (χ4n) is 1.63. The maximum absolute atomic E-state index is 5.48. The van der Waals surface area contributed by atoms with Gasteiger partial charge < -0.3 is 22.1 Å². The number of rotatable bonds is 12. The van der Waals surface area contributed by atoms with Gasteiger partial charge in [0, 0.05) is 0 Å². The van der Waals surface area contributed by atoms with E-state index in [2.05, 4.69) is 17.6 Å². The monoisotopic (exact) mass is 230 g/mol. The van der Waals surface area contributed by atoms with Crippen LogP contribution in [0, 0.1) is 0 Å². The molecule has 0 aromatic carbocycles. The van der Waals surface area contributed by atoms with Crippen molar-refractivity contribution in [1.29, 1.82) is 0 Å². The Labute approximate surface area is 101 Å². The van der Waals surface area contributed by atoms with E-state index in [0.29, 0.717) is 6.17 Å². The minimum absolute atomic E-state index is 0.435. The molecular formula is C12H30N4. The zero-order chi connectivity index (χ0) is 12.1. The van der Waals surface area contributed by atoms with Crippen molar-refractivity contribution >= 4 is 0 Å². The lowest BCUT2D eigenvalue weighted by molar-refractivity contribution is 0.385. The largest absolute Gasteiger partial charge is 0.330 e. The first-order chi connectivity index (χ1) is 7.85. The first-order valence-corrected chi connectivity index (χ1v) is 6.72. The molecule has 98 valence electrons. The summed E-state index contributed by atoms with van der Waals surface area (Å²) in [6.07, 6.45) is 7.59. The maximum Gasteiger partial charge on any atom is 0.0571 e. The smallest absolute Gasteiger partial charge is 0.0571 e. The summed E-state index contributed by atoms with van der Waals surface area (Å²) in [5, 5.41) is 7.01. The van der Waals surface area contributed by atoms with E-state index in [1.165, 1.54) is 25.7 Å². The number of nitrogens with one attached hydrogen (secondary N) is 2. The van der Waals surface area contributed by atoms with E-state index in [0.717, 1.165) is 39.0 Å². The second kappa shape index (κ2) is 12.9. The van der Waals surface area contributed by atoms with Gasteiger partial charge in [-0.2, -0.15) is 0 Å². The predicted molar refractivity (Wildman–Crippen MR) is 71.3 cm³/mol. The van der Waals surface area contributed by atoms with Crippen LogP contribution < -0.4 is 22.1 Å². The molecule has 0 aliphatic rings. The van der Waals surface area contributed by atoms with Crippen LogP contribution in [0.2, 0.25) is 0 Å².